The van der Waals surface area contributed by atoms with E-state index in [1.807, 2.05) is 0 Å². The molecule has 0 aliphatic heterocycles. The lowest BCUT2D eigenvalue weighted by Gasteiger charge is -2.18. The maximum absolute atomic E-state index is 10.7. The highest BCUT2D eigenvalue weighted by Crippen LogP contribution is 2.14. The van der Waals surface area contributed by atoms with E-state index in [4.69, 9.17) is 0 Å². The lowest BCUT2D eigenvalue weighted by molar-refractivity contribution is -0.120. The summed E-state index contributed by atoms with van der Waals surface area (Å²) in [5, 5.41) is 0. The molecule has 0 aromatic rings. The first-order valence-corrected chi connectivity index (χ1v) is 4.00. The summed E-state index contributed by atoms with van der Waals surface area (Å²) in [6.45, 7) is 0. The third kappa shape index (κ3) is 2.06. The summed E-state index contributed by atoms with van der Waals surface area (Å²) in [6.07, 6.45) is 3.49. The highest BCUT2D eigenvalue weighted by molar-refractivity contribution is 9.08. The van der Waals surface area contributed by atoms with Gasteiger partial charge in [0.25, 0.3) is 0 Å². The molecule has 0 atom stereocenters. The quantitative estimate of drug-likeness (QED) is 0.636. The van der Waals surface area contributed by atoms with E-state index < -0.39 is 0 Å². The predicted octanol–water partition coefficient (Wildman–Crippen LogP) is 1.40. The number of hydrogen-bond acceptors (Lipinski definition) is 2. The van der Waals surface area contributed by atoms with Gasteiger partial charge >= 0.3 is 0 Å². The van der Waals surface area contributed by atoms with E-state index in [-0.39, 0.29) is 0 Å². The molecule has 0 unspecified atom stereocenters. The van der Waals surface area contributed by atoms with Gasteiger partial charge in [-0.3, -0.25) is 9.14 Å². The van der Waals surface area contributed by atoms with E-state index in [0.29, 0.717) is 11.8 Å². The molecule has 52 valence electrons. The molecule has 1 saturated carbocycles. The normalized spacial score (nSPS) is 22.6. The van der Waals surface area contributed by atoms with Gasteiger partial charge in [0, 0.05) is 35.0 Å². The Hall–Kier alpha value is 0.110. The predicted molar refractivity (Wildman–Crippen MR) is 39.3 cm³/mol. The van der Waals surface area contributed by atoms with E-state index in [9.17, 15) is 4.79 Å². The maximum atomic E-state index is 10.7. The topological polar surface area (TPSA) is 29.1 Å². The molecule has 0 aromatic heterocycles. The highest BCUT2D eigenvalue weighted by Gasteiger charge is 2.16. The van der Waals surface area contributed by atoms with E-state index >= 15 is 0 Å². The minimum absolute atomic E-state index is 0.411. The molecule has 1 aliphatic carbocycles. The van der Waals surface area contributed by atoms with Crippen molar-refractivity contribution in [2.75, 3.05) is 0 Å². The summed E-state index contributed by atoms with van der Waals surface area (Å²) in [5.74, 6) is 0.411. The number of carbonyl (C=O) groups is 1. The van der Waals surface area contributed by atoms with Crippen molar-refractivity contribution < 1.29 is 4.79 Å². The van der Waals surface area contributed by atoms with Crippen LogP contribution >= 0.6 is 16.1 Å². The molecule has 1 N–H and O–H groups in total. The zero-order chi connectivity index (χ0) is 6.69. The lowest BCUT2D eigenvalue weighted by Crippen LogP contribution is -2.26. The zero-order valence-electron chi connectivity index (χ0n) is 5.19. The number of carbonyl (C=O) groups excluding carboxylic acids is 1. The number of Topliss-reactive ketones (excluding diaryl/α,β-unsaturated/α-hetero) is 1. The van der Waals surface area contributed by atoms with Gasteiger partial charge in [0.2, 0.25) is 0 Å². The summed E-state index contributed by atoms with van der Waals surface area (Å²) in [6, 6.07) is 0.516. The van der Waals surface area contributed by atoms with Crippen LogP contribution in [-0.4, -0.2) is 11.8 Å². The van der Waals surface area contributed by atoms with Crippen LogP contribution in [0.5, 0.6) is 0 Å². The second-order valence-corrected chi connectivity index (χ2v) is 2.88. The van der Waals surface area contributed by atoms with Crippen molar-refractivity contribution in [3.8, 4) is 0 Å². The van der Waals surface area contributed by atoms with E-state index in [2.05, 4.69) is 20.5 Å². The van der Waals surface area contributed by atoms with Crippen LogP contribution in [-0.2, 0) is 4.79 Å². The molecule has 1 rings (SSSR count). The van der Waals surface area contributed by atoms with Crippen molar-refractivity contribution in [1.29, 1.82) is 0 Å². The average Bonchev–Trinajstić information content (AvgIpc) is 1.90. The molecule has 0 amide bonds. The fraction of sp³-hybridized carbons (Fsp3) is 0.833. The Bertz CT molecular complexity index is 106. The minimum Gasteiger partial charge on any atom is -0.300 e. The van der Waals surface area contributed by atoms with Crippen molar-refractivity contribution in [3.05, 3.63) is 0 Å². The first-order valence-electron chi connectivity index (χ1n) is 3.21. The SMILES string of the molecule is O=C1CCC(NBr)CC1. The Labute approximate surface area is 63.3 Å². The number of hydrogen-bond donors (Lipinski definition) is 1. The summed E-state index contributed by atoms with van der Waals surface area (Å²) in [4.78, 5) is 10.7. The van der Waals surface area contributed by atoms with E-state index in [1.54, 1.807) is 0 Å². The zero-order valence-corrected chi connectivity index (χ0v) is 6.78. The molecule has 3 heteroatoms. The van der Waals surface area contributed by atoms with Gasteiger partial charge in [-0.25, -0.2) is 0 Å². The molecule has 2 nitrogen and oxygen atoms in total. The molecule has 0 spiro atoms. The van der Waals surface area contributed by atoms with Gasteiger partial charge in [0.1, 0.15) is 5.78 Å². The van der Waals surface area contributed by atoms with Crippen LogP contribution in [0.25, 0.3) is 0 Å². The van der Waals surface area contributed by atoms with E-state index in [0.717, 1.165) is 25.7 Å². The maximum Gasteiger partial charge on any atom is 0.133 e. The van der Waals surface area contributed by atoms with Gasteiger partial charge in [-0.1, -0.05) is 0 Å². The van der Waals surface area contributed by atoms with Gasteiger partial charge in [0.15, 0.2) is 0 Å². The Morgan fingerprint density at radius 3 is 2.44 bits per heavy atom. The second kappa shape index (κ2) is 3.32. The van der Waals surface area contributed by atoms with Crippen molar-refractivity contribution in [2.45, 2.75) is 31.7 Å². The Balaban J connectivity index is 2.26. The Kier molecular flexibility index (Phi) is 2.66. The molecule has 0 radical (unpaired) electrons. The van der Waals surface area contributed by atoms with Crippen LogP contribution in [0.3, 0.4) is 0 Å². The fourth-order valence-electron chi connectivity index (χ4n) is 1.05. The smallest absolute Gasteiger partial charge is 0.133 e. The van der Waals surface area contributed by atoms with Crippen molar-refractivity contribution >= 4 is 21.9 Å². The van der Waals surface area contributed by atoms with Crippen LogP contribution in [0, 0.1) is 0 Å². The molecule has 9 heavy (non-hydrogen) atoms. The largest absolute Gasteiger partial charge is 0.300 e. The average molecular weight is 192 g/mol. The molecular weight excluding hydrogens is 182 g/mol. The second-order valence-electron chi connectivity index (χ2n) is 2.42. The molecule has 1 fully saturated rings. The Morgan fingerprint density at radius 1 is 1.44 bits per heavy atom. The highest BCUT2D eigenvalue weighted by atomic mass is 79.9. The number of ketones is 1. The first-order chi connectivity index (χ1) is 4.33. The van der Waals surface area contributed by atoms with Gasteiger partial charge in [0.05, 0.1) is 0 Å². The van der Waals surface area contributed by atoms with Crippen molar-refractivity contribution in [1.82, 2.24) is 4.34 Å². The summed E-state index contributed by atoms with van der Waals surface area (Å²) in [7, 11) is 0. The third-order valence-corrected chi connectivity index (χ3v) is 2.35. The van der Waals surface area contributed by atoms with Crippen LogP contribution in [0.15, 0.2) is 0 Å². The lowest BCUT2D eigenvalue weighted by atomic mass is 9.95. The fourth-order valence-corrected chi connectivity index (χ4v) is 1.51. The molecule has 1 aliphatic rings. The van der Waals surface area contributed by atoms with Gasteiger partial charge in [-0.05, 0) is 12.8 Å². The molecule has 0 bridgehead atoms. The van der Waals surface area contributed by atoms with Crippen molar-refractivity contribution in [3.63, 3.8) is 0 Å². The number of nitrogens with one attached hydrogen (secondary N) is 1. The van der Waals surface area contributed by atoms with E-state index in [1.165, 1.54) is 0 Å². The van der Waals surface area contributed by atoms with Crippen LogP contribution in [0.2, 0.25) is 0 Å². The third-order valence-electron chi connectivity index (χ3n) is 1.70. The standard InChI is InChI=1S/C6H10BrNO/c7-8-5-1-3-6(9)4-2-5/h5,8H,1-4H2. The van der Waals surface area contributed by atoms with Gasteiger partial charge < -0.3 is 0 Å². The van der Waals surface area contributed by atoms with Crippen LogP contribution in [0.1, 0.15) is 25.7 Å². The van der Waals surface area contributed by atoms with Gasteiger partial charge in [-0.2, -0.15) is 0 Å². The monoisotopic (exact) mass is 191 g/mol. The summed E-state index contributed by atoms with van der Waals surface area (Å²) >= 11 is 3.17. The minimum atomic E-state index is 0.411. The first kappa shape index (κ1) is 7.22. The molecule has 0 heterocycles. The molecule has 0 aromatic carbocycles. The molecular formula is C6H10BrNO. The van der Waals surface area contributed by atoms with Crippen LogP contribution in [0.4, 0.5) is 0 Å². The van der Waals surface area contributed by atoms with Gasteiger partial charge in [-0.15, -0.1) is 0 Å². The number of rotatable bonds is 1. The number of halogens is 1. The Morgan fingerprint density at radius 2 is 2.00 bits per heavy atom. The summed E-state index contributed by atoms with van der Waals surface area (Å²) in [5.41, 5.74) is 0. The van der Waals surface area contributed by atoms with Crippen molar-refractivity contribution in [2.24, 2.45) is 0 Å². The van der Waals surface area contributed by atoms with Crippen LogP contribution < -0.4 is 4.34 Å². The summed E-state index contributed by atoms with van der Waals surface area (Å²) < 4.78 is 2.98. The molecule has 0 saturated heterocycles.